The van der Waals surface area contributed by atoms with E-state index < -0.39 is 0 Å². The van der Waals surface area contributed by atoms with Crippen molar-refractivity contribution in [1.29, 1.82) is 0 Å². The van der Waals surface area contributed by atoms with Crippen molar-refractivity contribution in [2.24, 2.45) is 5.92 Å². The minimum atomic E-state index is 0.711. The molecule has 1 fully saturated rings. The lowest BCUT2D eigenvalue weighted by molar-refractivity contribution is 0.432. The molecule has 0 amide bonds. The third-order valence-electron chi connectivity index (χ3n) is 4.65. The van der Waals surface area contributed by atoms with Gasteiger partial charge in [-0.05, 0) is 54.6 Å². The molecular weight excluding hydrogens is 274 g/mol. The van der Waals surface area contributed by atoms with E-state index in [9.17, 15) is 0 Å². The maximum atomic E-state index is 3.71. The monoisotopic (exact) mass is 299 g/mol. The van der Waals surface area contributed by atoms with Crippen molar-refractivity contribution in [2.45, 2.75) is 49.3 Å². The van der Waals surface area contributed by atoms with Gasteiger partial charge in [0.25, 0.3) is 0 Å². The van der Waals surface area contributed by atoms with Gasteiger partial charge in [-0.2, -0.15) is 0 Å². The zero-order chi connectivity index (χ0) is 14.7. The van der Waals surface area contributed by atoms with Gasteiger partial charge in [0.15, 0.2) is 0 Å². The molecule has 0 saturated heterocycles. The summed E-state index contributed by atoms with van der Waals surface area (Å²) in [6.07, 6.45) is 3.89. The van der Waals surface area contributed by atoms with Gasteiger partial charge in [-0.25, -0.2) is 0 Å². The summed E-state index contributed by atoms with van der Waals surface area (Å²) in [4.78, 5) is 1.42. The molecule has 1 aliphatic carbocycles. The highest BCUT2D eigenvalue weighted by Crippen LogP contribution is 2.39. The summed E-state index contributed by atoms with van der Waals surface area (Å²) in [5, 5.41) is 7.16. The lowest BCUT2D eigenvalue weighted by Crippen LogP contribution is -2.33. The molecule has 112 valence electrons. The summed E-state index contributed by atoms with van der Waals surface area (Å²) in [5.41, 5.74) is 0. The number of hydrogen-bond acceptors (Lipinski definition) is 2. The first-order chi connectivity index (χ1) is 10.3. The Hall–Kier alpha value is -0.990. The highest BCUT2D eigenvalue weighted by molar-refractivity contribution is 8.00. The smallest absolute Gasteiger partial charge is 0.0135 e. The van der Waals surface area contributed by atoms with E-state index in [0.717, 1.165) is 17.7 Å². The fourth-order valence-corrected chi connectivity index (χ4v) is 4.68. The molecule has 1 nitrogen and oxygen atoms in total. The number of fused-ring (bicyclic) bond motifs is 1. The fraction of sp³-hybridized carbons (Fsp3) is 0.474. The predicted octanol–water partition coefficient (Wildman–Crippen LogP) is 5.10. The Labute approximate surface area is 132 Å². The van der Waals surface area contributed by atoms with Crippen LogP contribution in [0.4, 0.5) is 0 Å². The molecule has 0 heterocycles. The summed E-state index contributed by atoms with van der Waals surface area (Å²) < 4.78 is 0. The predicted molar refractivity (Wildman–Crippen MR) is 94.1 cm³/mol. The molecule has 0 bridgehead atoms. The van der Waals surface area contributed by atoms with Crippen LogP contribution in [-0.4, -0.2) is 17.8 Å². The number of rotatable bonds is 5. The van der Waals surface area contributed by atoms with E-state index in [1.165, 1.54) is 34.9 Å². The van der Waals surface area contributed by atoms with Crippen LogP contribution in [0, 0.1) is 5.92 Å². The van der Waals surface area contributed by atoms with Gasteiger partial charge in [-0.1, -0.05) is 44.2 Å². The summed E-state index contributed by atoms with van der Waals surface area (Å²) in [7, 11) is 0. The Morgan fingerprint density at radius 2 is 1.90 bits per heavy atom. The quantitative estimate of drug-likeness (QED) is 0.824. The van der Waals surface area contributed by atoms with E-state index in [2.05, 4.69) is 73.4 Å². The minimum Gasteiger partial charge on any atom is -0.314 e. The molecule has 3 rings (SSSR count). The van der Waals surface area contributed by atoms with Gasteiger partial charge >= 0.3 is 0 Å². The number of hydrogen-bond donors (Lipinski definition) is 1. The van der Waals surface area contributed by atoms with Gasteiger partial charge in [0.2, 0.25) is 0 Å². The standard InChI is InChI=1S/C19H25NS/c1-3-12-20-18-10-11-19(14(18)2)21-17-9-8-15-6-4-5-7-16(15)13-17/h4-9,13-14,18-20H,3,10-12H2,1-2H3. The first-order valence-corrected chi connectivity index (χ1v) is 9.04. The molecule has 2 heteroatoms. The zero-order valence-electron chi connectivity index (χ0n) is 13.0. The van der Waals surface area contributed by atoms with E-state index in [0.29, 0.717) is 6.04 Å². The molecule has 1 saturated carbocycles. The largest absolute Gasteiger partial charge is 0.314 e. The van der Waals surface area contributed by atoms with Gasteiger partial charge in [0.05, 0.1) is 0 Å². The second-order valence-electron chi connectivity index (χ2n) is 6.16. The van der Waals surface area contributed by atoms with E-state index >= 15 is 0 Å². The average molecular weight is 299 g/mol. The van der Waals surface area contributed by atoms with Gasteiger partial charge in [-0.15, -0.1) is 11.8 Å². The second kappa shape index (κ2) is 6.85. The molecule has 21 heavy (non-hydrogen) atoms. The normalized spacial score (nSPS) is 25.5. The van der Waals surface area contributed by atoms with E-state index in [1.54, 1.807) is 0 Å². The van der Waals surface area contributed by atoms with Gasteiger partial charge in [0.1, 0.15) is 0 Å². The molecule has 1 aliphatic rings. The Kier molecular flexibility index (Phi) is 4.87. The van der Waals surface area contributed by atoms with Crippen LogP contribution < -0.4 is 5.32 Å². The first-order valence-electron chi connectivity index (χ1n) is 8.17. The number of thioether (sulfide) groups is 1. The Bertz CT molecular complexity index is 595. The number of nitrogens with one attached hydrogen (secondary N) is 1. The topological polar surface area (TPSA) is 12.0 Å². The molecule has 2 aromatic carbocycles. The molecule has 3 atom stereocenters. The Morgan fingerprint density at radius 3 is 2.71 bits per heavy atom. The van der Waals surface area contributed by atoms with Crippen LogP contribution in [0.15, 0.2) is 47.4 Å². The third-order valence-corrected chi connectivity index (χ3v) is 6.14. The van der Waals surface area contributed by atoms with Crippen LogP contribution in [0.5, 0.6) is 0 Å². The van der Waals surface area contributed by atoms with Crippen molar-refractivity contribution in [3.8, 4) is 0 Å². The van der Waals surface area contributed by atoms with Gasteiger partial charge in [-0.3, -0.25) is 0 Å². The second-order valence-corrected chi connectivity index (χ2v) is 7.47. The molecule has 0 aliphatic heterocycles. The van der Waals surface area contributed by atoms with Crippen molar-refractivity contribution >= 4 is 22.5 Å². The molecule has 0 spiro atoms. The molecule has 0 aromatic heterocycles. The summed E-state index contributed by atoms with van der Waals surface area (Å²) >= 11 is 2.07. The maximum Gasteiger partial charge on any atom is 0.0135 e. The highest BCUT2D eigenvalue weighted by atomic mass is 32.2. The molecule has 0 radical (unpaired) electrons. The lowest BCUT2D eigenvalue weighted by atomic mass is 10.1. The van der Waals surface area contributed by atoms with E-state index in [4.69, 9.17) is 0 Å². The zero-order valence-corrected chi connectivity index (χ0v) is 13.8. The van der Waals surface area contributed by atoms with Crippen LogP contribution in [0.2, 0.25) is 0 Å². The van der Waals surface area contributed by atoms with Crippen molar-refractivity contribution in [1.82, 2.24) is 5.32 Å². The molecular formula is C19H25NS. The highest BCUT2D eigenvalue weighted by Gasteiger charge is 2.32. The maximum absolute atomic E-state index is 3.71. The lowest BCUT2D eigenvalue weighted by Gasteiger charge is -2.21. The van der Waals surface area contributed by atoms with Crippen molar-refractivity contribution in [3.05, 3.63) is 42.5 Å². The van der Waals surface area contributed by atoms with Crippen LogP contribution in [0.25, 0.3) is 10.8 Å². The summed E-state index contributed by atoms with van der Waals surface area (Å²) in [6, 6.07) is 16.2. The van der Waals surface area contributed by atoms with Gasteiger partial charge in [0, 0.05) is 16.2 Å². The van der Waals surface area contributed by atoms with Crippen LogP contribution in [-0.2, 0) is 0 Å². The summed E-state index contributed by atoms with van der Waals surface area (Å²) in [5.74, 6) is 0.757. The SMILES string of the molecule is CCCNC1CCC(Sc2ccc3ccccc3c2)C1C. The van der Waals surface area contributed by atoms with E-state index in [-0.39, 0.29) is 0 Å². The van der Waals surface area contributed by atoms with Crippen LogP contribution in [0.1, 0.15) is 33.1 Å². The van der Waals surface area contributed by atoms with Crippen LogP contribution >= 0.6 is 11.8 Å². The van der Waals surface area contributed by atoms with Crippen molar-refractivity contribution in [2.75, 3.05) is 6.54 Å². The Morgan fingerprint density at radius 1 is 1.10 bits per heavy atom. The molecule has 2 aromatic rings. The Balaban J connectivity index is 1.68. The average Bonchev–Trinajstić information content (AvgIpc) is 2.86. The van der Waals surface area contributed by atoms with E-state index in [1.807, 2.05) is 0 Å². The third kappa shape index (κ3) is 3.44. The van der Waals surface area contributed by atoms with Crippen molar-refractivity contribution in [3.63, 3.8) is 0 Å². The minimum absolute atomic E-state index is 0.711. The number of benzene rings is 2. The first kappa shape index (κ1) is 14.9. The van der Waals surface area contributed by atoms with Crippen molar-refractivity contribution < 1.29 is 0 Å². The molecule has 3 unspecified atom stereocenters. The van der Waals surface area contributed by atoms with Crippen LogP contribution in [0.3, 0.4) is 0 Å². The fourth-order valence-electron chi connectivity index (χ4n) is 3.33. The van der Waals surface area contributed by atoms with Gasteiger partial charge < -0.3 is 5.32 Å². The molecule has 1 N–H and O–H groups in total. The summed E-state index contributed by atoms with van der Waals surface area (Å²) in [6.45, 7) is 5.81.